The predicted molar refractivity (Wildman–Crippen MR) is 161 cm³/mol. The van der Waals surface area contributed by atoms with Crippen molar-refractivity contribution < 1.29 is 22.4 Å². The van der Waals surface area contributed by atoms with Crippen molar-refractivity contribution >= 4 is 39.6 Å². The summed E-state index contributed by atoms with van der Waals surface area (Å²) in [6.07, 6.45) is -3.16. The van der Waals surface area contributed by atoms with Crippen LogP contribution in [0, 0.1) is 12.7 Å². The van der Waals surface area contributed by atoms with Crippen LogP contribution >= 0.6 is 0 Å². The zero-order chi connectivity index (χ0) is 31.0. The van der Waals surface area contributed by atoms with E-state index in [1.165, 1.54) is 36.5 Å². The molecule has 0 bridgehead atoms. The zero-order valence-electron chi connectivity index (χ0n) is 23.1. The number of halogens is 4. The molecule has 0 aliphatic rings. The number of benzene rings is 4. The Bertz CT molecular complexity index is 2150. The average molecular weight is 598 g/mol. The number of amides is 1. The highest BCUT2D eigenvalue weighted by Gasteiger charge is 2.31. The molecule has 0 aliphatic heterocycles. The second-order valence-corrected chi connectivity index (χ2v) is 10.1. The number of hydrogen-bond acceptors (Lipinski definition) is 4. The van der Waals surface area contributed by atoms with Gasteiger partial charge in [0.1, 0.15) is 12.4 Å². The first-order valence-corrected chi connectivity index (χ1v) is 13.5. The van der Waals surface area contributed by atoms with E-state index in [1.807, 2.05) is 24.3 Å². The summed E-state index contributed by atoms with van der Waals surface area (Å²) in [6.45, 7) is 1.69. The van der Waals surface area contributed by atoms with Crippen molar-refractivity contribution in [3.05, 3.63) is 130 Å². The molecule has 0 saturated heterocycles. The molecule has 0 fully saturated rings. The maximum atomic E-state index is 13.6. The fraction of sp³-hybridized carbons (Fsp3) is 0.0909. The summed E-state index contributed by atoms with van der Waals surface area (Å²) in [7, 11) is 0. The summed E-state index contributed by atoms with van der Waals surface area (Å²) in [4.78, 5) is 31.1. The SMILES string of the molecule is Cc1c(C=Nn2c(-c3cccc(C(F)(F)F)c3)nc3ccccc3c2=O)c2ccccc2n1CC(=O)Nc1cccc(F)c1. The van der Waals surface area contributed by atoms with Crippen LogP contribution in [-0.4, -0.2) is 26.3 Å². The minimum atomic E-state index is -4.60. The Labute approximate surface area is 247 Å². The quantitative estimate of drug-likeness (QED) is 0.166. The fourth-order valence-corrected chi connectivity index (χ4v) is 5.10. The lowest BCUT2D eigenvalue weighted by molar-refractivity contribution is -0.137. The standard InChI is InChI=1S/C33H23F4N5O2/c1-20-27(25-12-3-5-15-29(25)41(20)19-30(43)39-24-11-7-10-23(34)17-24)18-38-42-31(21-8-6-9-22(16-21)33(35,36)37)40-28-14-4-2-13-26(28)32(42)44/h2-18H,19H2,1H3,(H,39,43). The van der Waals surface area contributed by atoms with E-state index < -0.39 is 23.1 Å². The van der Waals surface area contributed by atoms with Crippen LogP contribution in [0.2, 0.25) is 0 Å². The van der Waals surface area contributed by atoms with Gasteiger partial charge in [0.2, 0.25) is 5.91 Å². The normalized spacial score (nSPS) is 11.9. The highest BCUT2D eigenvalue weighted by atomic mass is 19.4. The van der Waals surface area contributed by atoms with Crippen molar-refractivity contribution in [2.24, 2.45) is 5.10 Å². The minimum absolute atomic E-state index is 0.0630. The van der Waals surface area contributed by atoms with E-state index in [1.54, 1.807) is 41.8 Å². The second kappa shape index (κ2) is 11.3. The van der Waals surface area contributed by atoms with Gasteiger partial charge in [0.15, 0.2) is 5.82 Å². The molecule has 2 aromatic heterocycles. The van der Waals surface area contributed by atoms with E-state index in [9.17, 15) is 27.2 Å². The Morgan fingerprint density at radius 3 is 2.43 bits per heavy atom. The number of fused-ring (bicyclic) bond motifs is 2. The molecule has 1 amide bonds. The van der Waals surface area contributed by atoms with Crippen molar-refractivity contribution in [1.29, 1.82) is 0 Å². The lowest BCUT2D eigenvalue weighted by atomic mass is 10.1. The molecule has 0 spiro atoms. The minimum Gasteiger partial charge on any atom is -0.335 e. The average Bonchev–Trinajstić information content (AvgIpc) is 3.26. The van der Waals surface area contributed by atoms with E-state index in [0.29, 0.717) is 28.0 Å². The second-order valence-electron chi connectivity index (χ2n) is 10.1. The van der Waals surface area contributed by atoms with Gasteiger partial charge in [-0.05, 0) is 55.5 Å². The molecule has 6 rings (SSSR count). The number of para-hydroxylation sites is 2. The van der Waals surface area contributed by atoms with E-state index in [0.717, 1.165) is 22.2 Å². The summed E-state index contributed by atoms with van der Waals surface area (Å²) in [5.41, 5.74) is 1.19. The zero-order valence-corrected chi connectivity index (χ0v) is 23.1. The largest absolute Gasteiger partial charge is 0.416 e. The van der Waals surface area contributed by atoms with Crippen LogP contribution in [0.25, 0.3) is 33.2 Å². The number of nitrogens with zero attached hydrogens (tertiary/aromatic N) is 4. The molecule has 0 unspecified atom stereocenters. The lowest BCUT2D eigenvalue weighted by Gasteiger charge is -2.12. The number of alkyl halides is 3. The lowest BCUT2D eigenvalue weighted by Crippen LogP contribution is -2.21. The van der Waals surface area contributed by atoms with Crippen LogP contribution in [0.3, 0.4) is 0 Å². The van der Waals surface area contributed by atoms with Gasteiger partial charge < -0.3 is 9.88 Å². The Kier molecular flexibility index (Phi) is 7.30. The van der Waals surface area contributed by atoms with Crippen LogP contribution in [0.15, 0.2) is 107 Å². The molecule has 1 N–H and O–H groups in total. The topological polar surface area (TPSA) is 81.3 Å². The number of aromatic nitrogens is 3. The highest BCUT2D eigenvalue weighted by Crippen LogP contribution is 2.32. The highest BCUT2D eigenvalue weighted by molar-refractivity contribution is 6.02. The van der Waals surface area contributed by atoms with Crippen molar-refractivity contribution in [2.45, 2.75) is 19.6 Å². The molecule has 6 aromatic rings. The van der Waals surface area contributed by atoms with Crippen molar-refractivity contribution in [3.8, 4) is 11.4 Å². The predicted octanol–water partition coefficient (Wildman–Crippen LogP) is 7.01. The third-order valence-corrected chi connectivity index (χ3v) is 7.19. The van der Waals surface area contributed by atoms with Crippen LogP contribution < -0.4 is 10.9 Å². The number of rotatable bonds is 6. The Morgan fingerprint density at radius 2 is 1.66 bits per heavy atom. The third-order valence-electron chi connectivity index (χ3n) is 7.19. The van der Waals surface area contributed by atoms with E-state index >= 15 is 0 Å². The number of hydrogen-bond donors (Lipinski definition) is 1. The fourth-order valence-electron chi connectivity index (χ4n) is 5.10. The summed E-state index contributed by atoms with van der Waals surface area (Å²) >= 11 is 0. The molecular formula is C33H23F4N5O2. The van der Waals surface area contributed by atoms with Gasteiger partial charge >= 0.3 is 6.18 Å². The maximum absolute atomic E-state index is 13.6. The van der Waals surface area contributed by atoms with E-state index in [4.69, 9.17) is 0 Å². The molecule has 0 radical (unpaired) electrons. The van der Waals surface area contributed by atoms with E-state index in [2.05, 4.69) is 15.4 Å². The van der Waals surface area contributed by atoms with Gasteiger partial charge in [-0.3, -0.25) is 9.59 Å². The van der Waals surface area contributed by atoms with Gasteiger partial charge in [0, 0.05) is 33.4 Å². The molecule has 220 valence electrons. The molecule has 2 heterocycles. The maximum Gasteiger partial charge on any atom is 0.416 e. The van der Waals surface area contributed by atoms with Gasteiger partial charge in [-0.25, -0.2) is 9.37 Å². The van der Waals surface area contributed by atoms with Gasteiger partial charge in [0.25, 0.3) is 5.56 Å². The number of carbonyl (C=O) groups excluding carboxylic acids is 1. The summed E-state index contributed by atoms with van der Waals surface area (Å²) < 4.78 is 57.0. The first-order valence-electron chi connectivity index (χ1n) is 13.5. The Morgan fingerprint density at radius 1 is 0.932 bits per heavy atom. The first kappa shape index (κ1) is 28.5. The molecule has 0 atom stereocenters. The van der Waals surface area contributed by atoms with Gasteiger partial charge in [-0.2, -0.15) is 22.9 Å². The molecule has 44 heavy (non-hydrogen) atoms. The monoisotopic (exact) mass is 597 g/mol. The third kappa shape index (κ3) is 5.47. The smallest absolute Gasteiger partial charge is 0.335 e. The molecule has 0 aliphatic carbocycles. The molecule has 7 nitrogen and oxygen atoms in total. The van der Waals surface area contributed by atoms with Crippen molar-refractivity contribution in [2.75, 3.05) is 5.32 Å². The summed E-state index contributed by atoms with van der Waals surface area (Å²) in [5.74, 6) is -0.927. The number of nitrogens with one attached hydrogen (secondary N) is 1. The summed E-state index contributed by atoms with van der Waals surface area (Å²) in [5, 5.41) is 8.12. The van der Waals surface area contributed by atoms with Crippen LogP contribution in [0.1, 0.15) is 16.8 Å². The van der Waals surface area contributed by atoms with Crippen LogP contribution in [0.5, 0.6) is 0 Å². The van der Waals surface area contributed by atoms with Crippen LogP contribution in [-0.2, 0) is 17.5 Å². The van der Waals surface area contributed by atoms with Gasteiger partial charge in [-0.1, -0.05) is 48.5 Å². The van der Waals surface area contributed by atoms with Crippen molar-refractivity contribution in [3.63, 3.8) is 0 Å². The number of anilines is 1. The Balaban J connectivity index is 1.45. The molecule has 0 saturated carbocycles. The molecule has 4 aromatic carbocycles. The molecular weight excluding hydrogens is 574 g/mol. The Hall–Kier alpha value is -5.58. The van der Waals surface area contributed by atoms with E-state index in [-0.39, 0.29) is 29.2 Å². The van der Waals surface area contributed by atoms with Gasteiger partial charge in [0.05, 0.1) is 22.7 Å². The number of carbonyl (C=O) groups is 1. The van der Waals surface area contributed by atoms with Crippen molar-refractivity contribution in [1.82, 2.24) is 14.2 Å². The summed E-state index contributed by atoms with van der Waals surface area (Å²) in [6, 6.07) is 23.9. The first-order chi connectivity index (χ1) is 21.1. The van der Waals surface area contributed by atoms with Crippen LogP contribution in [0.4, 0.5) is 23.2 Å². The molecule has 11 heteroatoms. The van der Waals surface area contributed by atoms with Gasteiger partial charge in [-0.15, -0.1) is 0 Å².